The molecule has 0 amide bonds. The van der Waals surface area contributed by atoms with Crippen LogP contribution in [-0.4, -0.2) is 52.7 Å². The summed E-state index contributed by atoms with van der Waals surface area (Å²) in [5.74, 6) is 1.53. The highest BCUT2D eigenvalue weighted by Gasteiger charge is 2.65. The van der Waals surface area contributed by atoms with Crippen molar-refractivity contribution in [2.45, 2.75) is 62.0 Å². The van der Waals surface area contributed by atoms with Crippen molar-refractivity contribution in [2.24, 2.45) is 5.92 Å². The molecule has 5 nitrogen and oxygen atoms in total. The van der Waals surface area contributed by atoms with Crippen LogP contribution >= 0.6 is 0 Å². The second-order valence-electron chi connectivity index (χ2n) is 8.78. The Morgan fingerprint density at radius 2 is 2.12 bits per heavy atom. The molecule has 5 rings (SSSR count). The monoisotopic (exact) mass is 357 g/mol. The zero-order chi connectivity index (χ0) is 18.1. The lowest BCUT2D eigenvalue weighted by atomic mass is 9.49. The molecule has 1 aromatic rings. The number of ether oxygens (including phenoxy) is 1. The fraction of sp³-hybridized carbons (Fsp3) is 0.667. The van der Waals surface area contributed by atoms with Crippen LogP contribution in [0.1, 0.15) is 49.7 Å². The van der Waals surface area contributed by atoms with E-state index >= 15 is 0 Å². The van der Waals surface area contributed by atoms with Crippen molar-refractivity contribution in [2.75, 3.05) is 20.2 Å². The van der Waals surface area contributed by atoms with Crippen LogP contribution in [0.3, 0.4) is 0 Å². The first kappa shape index (κ1) is 16.6. The van der Waals surface area contributed by atoms with Gasteiger partial charge in [0.15, 0.2) is 11.5 Å². The summed E-state index contributed by atoms with van der Waals surface area (Å²) in [5, 5.41) is 22.4. The highest BCUT2D eigenvalue weighted by atomic mass is 16.5. The molecule has 0 unspecified atom stereocenters. The number of aliphatic hydroxyl groups is 1. The summed E-state index contributed by atoms with van der Waals surface area (Å²) in [4.78, 5) is 15.0. The van der Waals surface area contributed by atoms with Gasteiger partial charge in [0.05, 0.1) is 12.7 Å². The number of ketones is 1. The van der Waals surface area contributed by atoms with E-state index in [4.69, 9.17) is 4.74 Å². The van der Waals surface area contributed by atoms with E-state index < -0.39 is 11.0 Å². The minimum absolute atomic E-state index is 0.0479. The van der Waals surface area contributed by atoms with Crippen LogP contribution in [0.4, 0.5) is 0 Å². The smallest absolute Gasteiger partial charge is 0.164 e. The standard InChI is InChI=1S/C21H27NO4/c1-26-19-16(24)5-4-14-10-17-21(25)7-6-15(23)11-20(21,18(14)19)8-9-22(17)12-13-2-3-13/h4-5,13,17,24-25H,2-3,6-12H2,1H3/t17-,20-,21-/m1/s1. The van der Waals surface area contributed by atoms with Crippen molar-refractivity contribution in [1.82, 2.24) is 4.90 Å². The first-order chi connectivity index (χ1) is 12.5. The molecule has 4 aliphatic rings. The molecule has 3 fully saturated rings. The van der Waals surface area contributed by atoms with E-state index in [1.54, 1.807) is 13.2 Å². The van der Waals surface area contributed by atoms with Gasteiger partial charge in [0, 0.05) is 36.4 Å². The van der Waals surface area contributed by atoms with Crippen LogP contribution in [0.15, 0.2) is 12.1 Å². The average molecular weight is 357 g/mol. The predicted molar refractivity (Wildman–Crippen MR) is 96.6 cm³/mol. The maximum atomic E-state index is 12.5. The fourth-order valence-electron chi connectivity index (χ4n) is 6.03. The maximum Gasteiger partial charge on any atom is 0.164 e. The number of Topliss-reactive ketones (excluding diaryl/α,β-unsaturated/α-hetero) is 1. The highest BCUT2D eigenvalue weighted by molar-refractivity contribution is 5.83. The van der Waals surface area contributed by atoms with Gasteiger partial charge >= 0.3 is 0 Å². The van der Waals surface area contributed by atoms with E-state index in [1.165, 1.54) is 12.8 Å². The Bertz CT molecular complexity index is 774. The molecule has 3 aliphatic carbocycles. The summed E-state index contributed by atoms with van der Waals surface area (Å²) < 4.78 is 5.57. The molecular weight excluding hydrogens is 330 g/mol. The lowest BCUT2D eigenvalue weighted by molar-refractivity contribution is -0.173. The zero-order valence-corrected chi connectivity index (χ0v) is 15.3. The summed E-state index contributed by atoms with van der Waals surface area (Å²) >= 11 is 0. The Labute approximate surface area is 154 Å². The third-order valence-corrected chi connectivity index (χ3v) is 7.44. The average Bonchev–Trinajstić information content (AvgIpc) is 3.42. The van der Waals surface area contributed by atoms with Gasteiger partial charge in [-0.15, -0.1) is 0 Å². The molecule has 0 aromatic heterocycles. The molecular formula is C21H27NO4. The molecule has 2 N–H and O–H groups in total. The Morgan fingerprint density at radius 3 is 2.85 bits per heavy atom. The SMILES string of the molecule is COc1c(O)ccc2c1[C@]13CCN(CC4CC4)[C@H](C2)[C@]1(O)CCC(=O)C3. The molecule has 140 valence electrons. The molecule has 0 radical (unpaired) electrons. The van der Waals surface area contributed by atoms with Gasteiger partial charge in [-0.2, -0.15) is 0 Å². The summed E-state index contributed by atoms with van der Waals surface area (Å²) in [5.41, 5.74) is 0.440. The minimum Gasteiger partial charge on any atom is -0.504 e. The van der Waals surface area contributed by atoms with Crippen LogP contribution in [0.25, 0.3) is 0 Å². The van der Waals surface area contributed by atoms with Crippen molar-refractivity contribution >= 4 is 5.78 Å². The van der Waals surface area contributed by atoms with Crippen molar-refractivity contribution in [3.05, 3.63) is 23.3 Å². The quantitative estimate of drug-likeness (QED) is 0.868. The molecule has 2 saturated carbocycles. The van der Waals surface area contributed by atoms with E-state index in [-0.39, 0.29) is 17.6 Å². The number of rotatable bonds is 3. The molecule has 1 aliphatic heterocycles. The number of nitrogens with zero attached hydrogens (tertiary/aromatic N) is 1. The topological polar surface area (TPSA) is 70.0 Å². The lowest BCUT2D eigenvalue weighted by Gasteiger charge is -2.63. The Hall–Kier alpha value is -1.59. The molecule has 26 heavy (non-hydrogen) atoms. The second-order valence-corrected chi connectivity index (χ2v) is 8.78. The van der Waals surface area contributed by atoms with Gasteiger partial charge in [0.1, 0.15) is 5.78 Å². The Kier molecular flexibility index (Phi) is 3.48. The minimum atomic E-state index is -0.928. The normalized spacial score (nSPS) is 36.4. The third kappa shape index (κ3) is 2.07. The van der Waals surface area contributed by atoms with Gasteiger partial charge in [-0.25, -0.2) is 0 Å². The number of phenols is 1. The Balaban J connectivity index is 1.70. The number of aromatic hydroxyl groups is 1. The molecule has 3 atom stereocenters. The van der Waals surface area contributed by atoms with E-state index in [2.05, 4.69) is 4.90 Å². The van der Waals surface area contributed by atoms with E-state index in [0.717, 1.165) is 43.0 Å². The molecule has 1 saturated heterocycles. The molecule has 1 heterocycles. The van der Waals surface area contributed by atoms with Gasteiger partial charge in [-0.05, 0) is 56.2 Å². The number of carbonyl (C=O) groups excluding carboxylic acids is 1. The number of phenolic OH excluding ortho intramolecular Hbond substituents is 1. The van der Waals surface area contributed by atoms with E-state index in [1.807, 2.05) is 6.07 Å². The first-order valence-corrected chi connectivity index (χ1v) is 9.86. The predicted octanol–water partition coefficient (Wildman–Crippen LogP) is 2.16. The first-order valence-electron chi connectivity index (χ1n) is 9.86. The number of benzene rings is 1. The number of methoxy groups -OCH3 is 1. The number of carbonyl (C=O) groups is 1. The highest BCUT2D eigenvalue weighted by Crippen LogP contribution is 2.60. The van der Waals surface area contributed by atoms with Crippen LogP contribution in [-0.2, 0) is 16.6 Å². The van der Waals surface area contributed by atoms with Crippen LogP contribution in [0.2, 0.25) is 0 Å². The molecule has 0 spiro atoms. The molecule has 2 bridgehead atoms. The van der Waals surface area contributed by atoms with Gasteiger partial charge < -0.3 is 14.9 Å². The zero-order valence-electron chi connectivity index (χ0n) is 15.3. The maximum absolute atomic E-state index is 12.5. The number of hydrogen-bond donors (Lipinski definition) is 2. The number of likely N-dealkylation sites (tertiary alicyclic amines) is 1. The number of hydrogen-bond acceptors (Lipinski definition) is 5. The van der Waals surface area contributed by atoms with Crippen LogP contribution in [0.5, 0.6) is 11.5 Å². The van der Waals surface area contributed by atoms with E-state index in [0.29, 0.717) is 25.0 Å². The Morgan fingerprint density at radius 1 is 1.31 bits per heavy atom. The largest absolute Gasteiger partial charge is 0.504 e. The van der Waals surface area contributed by atoms with Crippen molar-refractivity contribution in [1.29, 1.82) is 0 Å². The van der Waals surface area contributed by atoms with Crippen LogP contribution < -0.4 is 4.74 Å². The van der Waals surface area contributed by atoms with Crippen LogP contribution in [0, 0.1) is 5.92 Å². The second kappa shape index (κ2) is 5.46. The lowest BCUT2D eigenvalue weighted by Crippen LogP contribution is -2.73. The molecule has 1 aromatic carbocycles. The summed E-state index contributed by atoms with van der Waals surface area (Å²) in [6, 6.07) is 3.69. The fourth-order valence-corrected chi connectivity index (χ4v) is 6.03. The van der Waals surface area contributed by atoms with Gasteiger partial charge in [-0.3, -0.25) is 9.69 Å². The summed E-state index contributed by atoms with van der Waals surface area (Å²) in [6.07, 6.45) is 5.39. The van der Waals surface area contributed by atoms with Gasteiger partial charge in [0.2, 0.25) is 0 Å². The van der Waals surface area contributed by atoms with Crippen molar-refractivity contribution in [3.63, 3.8) is 0 Å². The number of piperidine rings is 1. The van der Waals surface area contributed by atoms with Gasteiger partial charge in [0.25, 0.3) is 0 Å². The van der Waals surface area contributed by atoms with Crippen molar-refractivity contribution < 1.29 is 19.7 Å². The van der Waals surface area contributed by atoms with Gasteiger partial charge in [-0.1, -0.05) is 6.07 Å². The van der Waals surface area contributed by atoms with E-state index in [9.17, 15) is 15.0 Å². The summed E-state index contributed by atoms with van der Waals surface area (Å²) in [6.45, 7) is 1.95. The summed E-state index contributed by atoms with van der Waals surface area (Å²) in [7, 11) is 1.56. The molecule has 5 heteroatoms. The van der Waals surface area contributed by atoms with Crippen molar-refractivity contribution in [3.8, 4) is 11.5 Å². The third-order valence-electron chi connectivity index (χ3n) is 7.44. The number of fused-ring (bicyclic) bond motifs is 1.